The Morgan fingerprint density at radius 3 is 2.46 bits per heavy atom. The molecule has 2 unspecified atom stereocenters. The third kappa shape index (κ3) is 2.02. The molecule has 2 atom stereocenters. The SMILES string of the molecule is CC(C)C1OC(C)(C)C(C)NC1=O. The van der Waals surface area contributed by atoms with E-state index in [2.05, 4.69) is 5.32 Å². The molecule has 0 aliphatic carbocycles. The molecule has 0 aromatic carbocycles. The van der Waals surface area contributed by atoms with Crippen LogP contribution in [0.1, 0.15) is 34.6 Å². The lowest BCUT2D eigenvalue weighted by Crippen LogP contribution is -2.61. The van der Waals surface area contributed by atoms with Gasteiger partial charge in [-0.15, -0.1) is 0 Å². The smallest absolute Gasteiger partial charge is 0.249 e. The van der Waals surface area contributed by atoms with Crippen LogP contribution < -0.4 is 5.32 Å². The van der Waals surface area contributed by atoms with Crippen LogP contribution in [0.3, 0.4) is 0 Å². The molecule has 1 N–H and O–H groups in total. The first-order valence-corrected chi connectivity index (χ1v) is 4.83. The van der Waals surface area contributed by atoms with Gasteiger partial charge in [-0.05, 0) is 26.7 Å². The van der Waals surface area contributed by atoms with Crippen molar-refractivity contribution in [3.8, 4) is 0 Å². The fraction of sp³-hybridized carbons (Fsp3) is 0.900. The molecular formula is C10H19NO2. The van der Waals surface area contributed by atoms with Gasteiger partial charge in [0.1, 0.15) is 6.10 Å². The van der Waals surface area contributed by atoms with Gasteiger partial charge in [0.2, 0.25) is 5.91 Å². The lowest BCUT2D eigenvalue weighted by Gasteiger charge is -2.42. The highest BCUT2D eigenvalue weighted by molar-refractivity contribution is 5.82. The predicted octanol–water partition coefficient (Wildman–Crippen LogP) is 1.32. The van der Waals surface area contributed by atoms with Gasteiger partial charge in [-0.2, -0.15) is 0 Å². The molecule has 76 valence electrons. The number of rotatable bonds is 1. The molecule has 0 aromatic heterocycles. The summed E-state index contributed by atoms with van der Waals surface area (Å²) in [7, 11) is 0. The Balaban J connectivity index is 2.76. The summed E-state index contributed by atoms with van der Waals surface area (Å²) in [4.78, 5) is 11.5. The van der Waals surface area contributed by atoms with Gasteiger partial charge in [0.15, 0.2) is 0 Å². The summed E-state index contributed by atoms with van der Waals surface area (Å²) >= 11 is 0. The number of morpholine rings is 1. The molecule has 1 heterocycles. The summed E-state index contributed by atoms with van der Waals surface area (Å²) in [6.45, 7) is 9.97. The third-order valence-electron chi connectivity index (χ3n) is 2.70. The molecule has 1 amide bonds. The van der Waals surface area contributed by atoms with Crippen LogP contribution in [0.2, 0.25) is 0 Å². The third-order valence-corrected chi connectivity index (χ3v) is 2.70. The number of ether oxygens (including phenoxy) is 1. The quantitative estimate of drug-likeness (QED) is 0.669. The Bertz CT molecular complexity index is 211. The van der Waals surface area contributed by atoms with Gasteiger partial charge in [-0.1, -0.05) is 13.8 Å². The van der Waals surface area contributed by atoms with Crippen LogP contribution in [-0.2, 0) is 9.53 Å². The Hall–Kier alpha value is -0.570. The van der Waals surface area contributed by atoms with Crippen LogP contribution >= 0.6 is 0 Å². The van der Waals surface area contributed by atoms with Gasteiger partial charge >= 0.3 is 0 Å². The lowest BCUT2D eigenvalue weighted by atomic mass is 9.94. The summed E-state index contributed by atoms with van der Waals surface area (Å²) in [5.74, 6) is 0.244. The highest BCUT2D eigenvalue weighted by Gasteiger charge is 2.40. The minimum Gasteiger partial charge on any atom is -0.360 e. The second-order valence-corrected chi connectivity index (χ2v) is 4.62. The Kier molecular flexibility index (Phi) is 2.66. The van der Waals surface area contributed by atoms with Crippen molar-refractivity contribution in [3.05, 3.63) is 0 Å². The van der Waals surface area contributed by atoms with E-state index in [0.29, 0.717) is 0 Å². The fourth-order valence-electron chi connectivity index (χ4n) is 1.39. The molecule has 0 spiro atoms. The molecule has 1 aliphatic rings. The fourth-order valence-corrected chi connectivity index (χ4v) is 1.39. The van der Waals surface area contributed by atoms with Gasteiger partial charge < -0.3 is 10.1 Å². The summed E-state index contributed by atoms with van der Waals surface area (Å²) in [5, 5.41) is 2.94. The zero-order valence-corrected chi connectivity index (χ0v) is 9.05. The summed E-state index contributed by atoms with van der Waals surface area (Å²) in [6, 6.07) is 0.0787. The first kappa shape index (κ1) is 10.5. The van der Waals surface area contributed by atoms with Crippen LogP contribution in [-0.4, -0.2) is 23.7 Å². The van der Waals surface area contributed by atoms with Crippen molar-refractivity contribution < 1.29 is 9.53 Å². The minimum absolute atomic E-state index is 0.0156. The second kappa shape index (κ2) is 3.29. The molecular weight excluding hydrogens is 166 g/mol. The molecule has 0 radical (unpaired) electrons. The van der Waals surface area contributed by atoms with Gasteiger partial charge in [0.25, 0.3) is 0 Å². The van der Waals surface area contributed by atoms with E-state index in [1.165, 1.54) is 0 Å². The van der Waals surface area contributed by atoms with E-state index in [4.69, 9.17) is 4.74 Å². The maximum absolute atomic E-state index is 11.5. The van der Waals surface area contributed by atoms with Crippen molar-refractivity contribution in [3.63, 3.8) is 0 Å². The first-order valence-electron chi connectivity index (χ1n) is 4.83. The first-order chi connectivity index (χ1) is 5.84. The molecule has 1 saturated heterocycles. The van der Waals surface area contributed by atoms with Crippen molar-refractivity contribution in [1.82, 2.24) is 5.32 Å². The van der Waals surface area contributed by atoms with Crippen molar-refractivity contribution in [2.45, 2.75) is 52.4 Å². The van der Waals surface area contributed by atoms with Gasteiger partial charge in [0, 0.05) is 0 Å². The van der Waals surface area contributed by atoms with Crippen molar-refractivity contribution in [2.75, 3.05) is 0 Å². The predicted molar refractivity (Wildman–Crippen MR) is 51.4 cm³/mol. The summed E-state index contributed by atoms with van der Waals surface area (Å²) in [6.07, 6.45) is -0.300. The second-order valence-electron chi connectivity index (χ2n) is 4.62. The maximum Gasteiger partial charge on any atom is 0.249 e. The van der Waals surface area contributed by atoms with E-state index in [1.807, 2.05) is 34.6 Å². The zero-order valence-electron chi connectivity index (χ0n) is 9.05. The molecule has 13 heavy (non-hydrogen) atoms. The molecule has 1 fully saturated rings. The number of carbonyl (C=O) groups excluding carboxylic acids is 1. The molecule has 3 heteroatoms. The van der Waals surface area contributed by atoms with Crippen LogP contribution in [0.5, 0.6) is 0 Å². The summed E-state index contributed by atoms with van der Waals surface area (Å²) < 4.78 is 5.75. The summed E-state index contributed by atoms with van der Waals surface area (Å²) in [5.41, 5.74) is -0.261. The van der Waals surface area contributed by atoms with Gasteiger partial charge in [-0.25, -0.2) is 0 Å². The molecule has 0 aromatic rings. The number of hydrogen-bond acceptors (Lipinski definition) is 2. The van der Waals surface area contributed by atoms with Crippen molar-refractivity contribution in [1.29, 1.82) is 0 Å². The monoisotopic (exact) mass is 185 g/mol. The van der Waals surface area contributed by atoms with E-state index in [9.17, 15) is 4.79 Å². The number of nitrogens with one attached hydrogen (secondary N) is 1. The topological polar surface area (TPSA) is 38.3 Å². The van der Waals surface area contributed by atoms with Crippen LogP contribution in [0, 0.1) is 5.92 Å². The molecule has 1 aliphatic heterocycles. The maximum atomic E-state index is 11.5. The van der Waals surface area contributed by atoms with Gasteiger partial charge in [-0.3, -0.25) is 4.79 Å². The minimum atomic E-state index is -0.300. The normalized spacial score (nSPS) is 33.2. The highest BCUT2D eigenvalue weighted by Crippen LogP contribution is 2.25. The molecule has 1 rings (SSSR count). The average Bonchev–Trinajstić information content (AvgIpc) is 1.97. The van der Waals surface area contributed by atoms with Crippen LogP contribution in [0.15, 0.2) is 0 Å². The Morgan fingerprint density at radius 2 is 2.00 bits per heavy atom. The molecule has 3 nitrogen and oxygen atoms in total. The van der Waals surface area contributed by atoms with E-state index in [0.717, 1.165) is 0 Å². The van der Waals surface area contributed by atoms with E-state index in [1.54, 1.807) is 0 Å². The zero-order chi connectivity index (χ0) is 10.2. The average molecular weight is 185 g/mol. The van der Waals surface area contributed by atoms with Gasteiger partial charge in [0.05, 0.1) is 11.6 Å². The lowest BCUT2D eigenvalue weighted by molar-refractivity contribution is -0.169. The molecule has 0 saturated carbocycles. The molecule has 0 bridgehead atoms. The number of hydrogen-bond donors (Lipinski definition) is 1. The largest absolute Gasteiger partial charge is 0.360 e. The van der Waals surface area contributed by atoms with E-state index >= 15 is 0 Å². The Labute approximate surface area is 79.8 Å². The van der Waals surface area contributed by atoms with E-state index < -0.39 is 0 Å². The number of carbonyl (C=O) groups is 1. The standard InChI is InChI=1S/C10H19NO2/c1-6(2)8-9(12)11-7(3)10(4,5)13-8/h6-8H,1-5H3,(H,11,12). The Morgan fingerprint density at radius 1 is 1.46 bits per heavy atom. The van der Waals surface area contributed by atoms with Crippen LogP contribution in [0.4, 0.5) is 0 Å². The van der Waals surface area contributed by atoms with E-state index in [-0.39, 0.29) is 29.6 Å². The van der Waals surface area contributed by atoms with Crippen LogP contribution in [0.25, 0.3) is 0 Å². The highest BCUT2D eigenvalue weighted by atomic mass is 16.5. The number of amides is 1. The van der Waals surface area contributed by atoms with Crippen molar-refractivity contribution in [2.24, 2.45) is 5.92 Å². The van der Waals surface area contributed by atoms with Crippen molar-refractivity contribution >= 4 is 5.91 Å².